The van der Waals surface area contributed by atoms with Crippen LogP contribution in [0.25, 0.3) is 113 Å². The highest BCUT2D eigenvalue weighted by Gasteiger charge is 2.42. The number of nitrogens with zero attached hydrogens (tertiary/aromatic N) is 6. The first-order valence-electron chi connectivity index (χ1n) is 29.8. The van der Waals surface area contributed by atoms with Gasteiger partial charge < -0.3 is 0 Å². The van der Waals surface area contributed by atoms with E-state index in [4.69, 9.17) is 29.9 Å². The Kier molecular flexibility index (Phi) is 11.0. The zero-order valence-corrected chi connectivity index (χ0v) is 48.1. The maximum absolute atomic E-state index is 5.31. The Balaban J connectivity index is 0.735. The van der Waals surface area contributed by atoms with Crippen molar-refractivity contribution < 1.29 is 0 Å². The second-order valence-electron chi connectivity index (χ2n) is 24.5. The molecule has 11 aromatic carbocycles. The second kappa shape index (κ2) is 19.0. The van der Waals surface area contributed by atoms with Crippen LogP contribution in [0, 0.1) is 0 Å². The summed E-state index contributed by atoms with van der Waals surface area (Å²) in [5.74, 6) is 3.80. The molecule has 0 aliphatic heterocycles. The molecule has 2 atom stereocenters. The van der Waals surface area contributed by atoms with Crippen LogP contribution in [-0.4, -0.2) is 29.9 Å². The van der Waals surface area contributed by atoms with Crippen molar-refractivity contribution in [2.24, 2.45) is 0 Å². The van der Waals surface area contributed by atoms with Crippen molar-refractivity contribution in [3.63, 3.8) is 0 Å². The van der Waals surface area contributed by atoms with E-state index in [0.717, 1.165) is 44.5 Å². The zero-order chi connectivity index (χ0) is 57.4. The molecule has 0 N–H and O–H groups in total. The summed E-state index contributed by atoms with van der Waals surface area (Å²) in [5, 5.41) is 0. The summed E-state index contributed by atoms with van der Waals surface area (Å²) < 4.78 is 0. The molecule has 0 radical (unpaired) electrons. The molecule has 0 saturated carbocycles. The molecule has 406 valence electrons. The highest BCUT2D eigenvalue weighted by molar-refractivity contribution is 5.94. The molecule has 86 heavy (non-hydrogen) atoms. The van der Waals surface area contributed by atoms with E-state index in [1.54, 1.807) is 0 Å². The molecule has 6 nitrogen and oxygen atoms in total. The average Bonchev–Trinajstić information content (AvgIpc) is 0.919. The largest absolute Gasteiger partial charge is 0.208 e. The van der Waals surface area contributed by atoms with Crippen molar-refractivity contribution in [2.75, 3.05) is 0 Å². The van der Waals surface area contributed by atoms with Gasteiger partial charge in [-0.05, 0) is 112 Å². The molecular weight excluding hydrogens is 1040 g/mol. The van der Waals surface area contributed by atoms with Crippen molar-refractivity contribution in [1.82, 2.24) is 29.9 Å². The highest BCUT2D eigenvalue weighted by Crippen LogP contribution is 2.58. The number of fused-ring (bicyclic) bond motifs is 6. The predicted molar refractivity (Wildman–Crippen MR) is 347 cm³/mol. The van der Waals surface area contributed by atoms with Crippen LogP contribution in [-0.2, 0) is 10.8 Å². The maximum Gasteiger partial charge on any atom is 0.164 e. The lowest BCUT2D eigenvalue weighted by Gasteiger charge is -2.42. The monoisotopic (exact) mass is 1100 g/mol. The Labute approximate surface area is 500 Å². The van der Waals surface area contributed by atoms with Gasteiger partial charge in [0.25, 0.3) is 0 Å². The van der Waals surface area contributed by atoms with Gasteiger partial charge in [0.2, 0.25) is 0 Å². The first kappa shape index (κ1) is 50.0. The van der Waals surface area contributed by atoms with Crippen LogP contribution in [0.4, 0.5) is 0 Å². The Bertz CT molecular complexity index is 4620. The molecule has 5 aliphatic carbocycles. The molecule has 18 rings (SSSR count). The fourth-order valence-corrected chi connectivity index (χ4v) is 14.8. The maximum atomic E-state index is 5.31. The summed E-state index contributed by atoms with van der Waals surface area (Å²) >= 11 is 0. The van der Waals surface area contributed by atoms with Gasteiger partial charge in [0.15, 0.2) is 34.9 Å². The van der Waals surface area contributed by atoms with E-state index in [9.17, 15) is 0 Å². The van der Waals surface area contributed by atoms with Gasteiger partial charge in [0.05, 0.1) is 0 Å². The topological polar surface area (TPSA) is 77.3 Å². The molecule has 2 aromatic heterocycles. The number of benzene rings is 11. The summed E-state index contributed by atoms with van der Waals surface area (Å²) in [6.45, 7) is 9.33. The van der Waals surface area contributed by atoms with Gasteiger partial charge in [-0.15, -0.1) is 0 Å². The van der Waals surface area contributed by atoms with Gasteiger partial charge in [-0.3, -0.25) is 0 Å². The lowest BCUT2D eigenvalue weighted by molar-refractivity contribution is 0.660. The Morgan fingerprint density at radius 1 is 0.221 bits per heavy atom. The Morgan fingerprint density at radius 2 is 0.500 bits per heavy atom. The molecule has 0 amide bonds. The molecule has 2 bridgehead atoms. The first-order valence-corrected chi connectivity index (χ1v) is 29.8. The Hall–Kier alpha value is -10.6. The van der Waals surface area contributed by atoms with Crippen LogP contribution < -0.4 is 0 Å². The second-order valence-corrected chi connectivity index (χ2v) is 24.5. The van der Waals surface area contributed by atoms with Gasteiger partial charge in [-0.25, -0.2) is 29.9 Å². The van der Waals surface area contributed by atoms with Gasteiger partial charge in [0.1, 0.15) is 0 Å². The summed E-state index contributed by atoms with van der Waals surface area (Å²) in [5.41, 5.74) is 28.7. The lowest BCUT2D eigenvalue weighted by atomic mass is 9.61. The third kappa shape index (κ3) is 7.65. The smallest absolute Gasteiger partial charge is 0.164 e. The van der Waals surface area contributed by atoms with Crippen LogP contribution in [0.15, 0.2) is 255 Å². The standard InChI is InChI=1S/C80H56N6/c1-79(2)65-29-15-13-25-61(65)71-55(27-17-31-67(71)79)47-33-37-51(38-34-47)75-81-73(49-19-7-5-8-20-49)83-77(85-75)53-41-43-59-63(45-53)69-57-23-11-12-24-58(57)70(59)64-46-54(42-44-60(64)69)78-84-74(50-21-9-6-10-22-50)82-76(86-78)52-39-35-48(36-40-52)56-28-18-32-68-72(56)62-26-14-16-30-66(62)80(68,3)4/h5-46,69-70H,1-4H3. The average molecular weight is 1100 g/mol. The van der Waals surface area contributed by atoms with Gasteiger partial charge >= 0.3 is 0 Å². The molecule has 0 spiro atoms. The van der Waals surface area contributed by atoms with Gasteiger partial charge in [-0.2, -0.15) is 0 Å². The van der Waals surface area contributed by atoms with Crippen molar-refractivity contribution in [3.8, 4) is 113 Å². The number of rotatable bonds is 8. The van der Waals surface area contributed by atoms with Crippen LogP contribution in [0.3, 0.4) is 0 Å². The van der Waals surface area contributed by atoms with Crippen LogP contribution in [0.1, 0.15) is 95.2 Å². The zero-order valence-electron chi connectivity index (χ0n) is 48.1. The summed E-state index contributed by atoms with van der Waals surface area (Å²) in [6, 6.07) is 91.9. The minimum Gasteiger partial charge on any atom is -0.208 e. The van der Waals surface area contributed by atoms with Crippen LogP contribution >= 0.6 is 0 Å². The molecule has 6 heteroatoms. The summed E-state index contributed by atoms with van der Waals surface area (Å²) in [6.07, 6.45) is 0. The number of hydrogen-bond acceptors (Lipinski definition) is 6. The molecule has 2 heterocycles. The summed E-state index contributed by atoms with van der Waals surface area (Å²) in [7, 11) is 0. The lowest BCUT2D eigenvalue weighted by Crippen LogP contribution is -2.27. The molecule has 0 saturated heterocycles. The van der Waals surface area contributed by atoms with E-state index < -0.39 is 0 Å². The van der Waals surface area contributed by atoms with E-state index in [1.807, 2.05) is 36.4 Å². The normalized spacial score (nSPS) is 15.6. The quantitative estimate of drug-likeness (QED) is 0.151. The fraction of sp³-hybridized carbons (Fsp3) is 0.100. The van der Waals surface area contributed by atoms with E-state index in [1.165, 1.54) is 89.0 Å². The van der Waals surface area contributed by atoms with Crippen molar-refractivity contribution in [1.29, 1.82) is 0 Å². The van der Waals surface area contributed by atoms with Crippen molar-refractivity contribution >= 4 is 0 Å². The van der Waals surface area contributed by atoms with E-state index in [-0.39, 0.29) is 22.7 Å². The predicted octanol–water partition coefficient (Wildman–Crippen LogP) is 19.0. The minimum absolute atomic E-state index is 0.00710. The van der Waals surface area contributed by atoms with Crippen molar-refractivity contribution in [2.45, 2.75) is 50.4 Å². The first-order chi connectivity index (χ1) is 42.1. The van der Waals surface area contributed by atoms with Crippen LogP contribution in [0.2, 0.25) is 0 Å². The number of hydrogen-bond donors (Lipinski definition) is 0. The summed E-state index contributed by atoms with van der Waals surface area (Å²) in [4.78, 5) is 31.5. The van der Waals surface area contributed by atoms with E-state index in [0.29, 0.717) is 34.9 Å². The Morgan fingerprint density at radius 3 is 0.895 bits per heavy atom. The third-order valence-electron chi connectivity index (χ3n) is 19.0. The minimum atomic E-state index is -0.0780. The molecule has 13 aromatic rings. The SMILES string of the molecule is CC1(C)c2ccccc2-c2c(-c3ccc(-c4nc(-c5ccccc5)nc(-c5ccc6c(c5)C5c7ccccc7C6c6cc(-c7nc(-c8ccccc8)nc(-c8ccc(-c9cccc%10c9-c9ccccc9C%10(C)C)cc8)n7)ccc65)n4)cc3)cccc21. The molecule has 2 unspecified atom stereocenters. The van der Waals surface area contributed by atoms with E-state index in [2.05, 4.69) is 246 Å². The van der Waals surface area contributed by atoms with Crippen molar-refractivity contribution in [3.05, 3.63) is 310 Å². The molecule has 0 fully saturated rings. The highest BCUT2D eigenvalue weighted by atomic mass is 15.0. The molecule has 5 aliphatic rings. The van der Waals surface area contributed by atoms with E-state index >= 15 is 0 Å². The van der Waals surface area contributed by atoms with Crippen LogP contribution in [0.5, 0.6) is 0 Å². The van der Waals surface area contributed by atoms with Gasteiger partial charge in [-0.1, -0.05) is 270 Å². The molecular formula is C80H56N6. The third-order valence-corrected chi connectivity index (χ3v) is 19.0. The number of aromatic nitrogens is 6. The fourth-order valence-electron chi connectivity index (χ4n) is 14.8. The van der Waals surface area contributed by atoms with Gasteiger partial charge in [0, 0.05) is 56.0 Å².